The van der Waals surface area contributed by atoms with E-state index in [0.717, 1.165) is 24.6 Å². The summed E-state index contributed by atoms with van der Waals surface area (Å²) in [5.41, 5.74) is 0.639. The standard InChI is InChI=1S/C20H26N2O3/c1-2-24-17-10-8-16(9-11-17)20(23)21-15-18(19-7-6-14-25-19)22-12-4-3-5-13-22/h6-11,14,18H,2-5,12-13,15H2,1H3,(H,21,23)/t18-/m0/s1. The number of hydrogen-bond donors (Lipinski definition) is 1. The van der Waals surface area contributed by atoms with E-state index in [-0.39, 0.29) is 11.9 Å². The average Bonchev–Trinajstić information content (AvgIpc) is 3.18. The maximum Gasteiger partial charge on any atom is 0.251 e. The summed E-state index contributed by atoms with van der Waals surface area (Å²) in [6.45, 7) is 5.19. The van der Waals surface area contributed by atoms with Gasteiger partial charge in [-0.25, -0.2) is 0 Å². The predicted molar refractivity (Wildman–Crippen MR) is 96.8 cm³/mol. The lowest BCUT2D eigenvalue weighted by atomic mass is 10.1. The third-order valence-electron chi connectivity index (χ3n) is 4.59. The molecule has 5 heteroatoms. The average molecular weight is 342 g/mol. The second kappa shape index (κ2) is 8.72. The monoisotopic (exact) mass is 342 g/mol. The van der Waals surface area contributed by atoms with Crippen LogP contribution in [0.2, 0.25) is 0 Å². The lowest BCUT2D eigenvalue weighted by molar-refractivity contribution is 0.0914. The summed E-state index contributed by atoms with van der Waals surface area (Å²) >= 11 is 0. The summed E-state index contributed by atoms with van der Waals surface area (Å²) in [7, 11) is 0. The molecule has 3 rings (SSSR count). The molecule has 0 spiro atoms. The lowest BCUT2D eigenvalue weighted by Crippen LogP contribution is -2.40. The number of nitrogens with zero attached hydrogens (tertiary/aromatic N) is 1. The van der Waals surface area contributed by atoms with Crippen molar-refractivity contribution in [2.75, 3.05) is 26.2 Å². The molecule has 1 atom stereocenters. The van der Waals surface area contributed by atoms with Crippen molar-refractivity contribution in [2.24, 2.45) is 0 Å². The molecule has 2 heterocycles. The summed E-state index contributed by atoms with van der Waals surface area (Å²) in [5.74, 6) is 1.62. The Morgan fingerprint density at radius 2 is 1.96 bits per heavy atom. The Kier molecular flexibility index (Phi) is 6.12. The van der Waals surface area contributed by atoms with E-state index in [2.05, 4.69) is 10.2 Å². The Bertz CT molecular complexity index is 646. The summed E-state index contributed by atoms with van der Waals surface area (Å²) < 4.78 is 11.0. The van der Waals surface area contributed by atoms with E-state index >= 15 is 0 Å². The van der Waals surface area contributed by atoms with Crippen molar-refractivity contribution in [1.29, 1.82) is 0 Å². The third-order valence-corrected chi connectivity index (χ3v) is 4.59. The molecule has 0 aliphatic carbocycles. The number of amides is 1. The Morgan fingerprint density at radius 1 is 1.20 bits per heavy atom. The van der Waals surface area contributed by atoms with Gasteiger partial charge in [0.25, 0.3) is 5.91 Å². The Hall–Kier alpha value is -2.27. The Labute approximate surface area is 149 Å². The van der Waals surface area contributed by atoms with Crippen LogP contribution in [-0.2, 0) is 0 Å². The molecule has 1 aromatic carbocycles. The first-order valence-electron chi connectivity index (χ1n) is 9.06. The summed E-state index contributed by atoms with van der Waals surface area (Å²) in [5, 5.41) is 3.05. The van der Waals surface area contributed by atoms with Crippen molar-refractivity contribution in [3.63, 3.8) is 0 Å². The van der Waals surface area contributed by atoms with Gasteiger partial charge in [-0.05, 0) is 69.3 Å². The van der Waals surface area contributed by atoms with Crippen LogP contribution in [0.5, 0.6) is 5.75 Å². The molecule has 1 aliphatic rings. The molecule has 1 amide bonds. The van der Waals surface area contributed by atoms with E-state index in [1.54, 1.807) is 18.4 Å². The number of benzene rings is 1. The molecule has 0 bridgehead atoms. The highest BCUT2D eigenvalue weighted by Gasteiger charge is 2.25. The topological polar surface area (TPSA) is 54.7 Å². The molecule has 0 unspecified atom stereocenters. The van der Waals surface area contributed by atoms with Gasteiger partial charge in [-0.3, -0.25) is 9.69 Å². The van der Waals surface area contributed by atoms with Crippen molar-refractivity contribution in [3.05, 3.63) is 54.0 Å². The van der Waals surface area contributed by atoms with Crippen molar-refractivity contribution in [1.82, 2.24) is 10.2 Å². The second-order valence-corrected chi connectivity index (χ2v) is 6.30. The fourth-order valence-corrected chi connectivity index (χ4v) is 3.28. The van der Waals surface area contributed by atoms with Crippen molar-refractivity contribution >= 4 is 5.91 Å². The molecular formula is C20H26N2O3. The highest BCUT2D eigenvalue weighted by molar-refractivity contribution is 5.94. The van der Waals surface area contributed by atoms with Gasteiger partial charge in [0.15, 0.2) is 0 Å². The van der Waals surface area contributed by atoms with E-state index in [4.69, 9.17) is 9.15 Å². The van der Waals surface area contributed by atoms with Gasteiger partial charge >= 0.3 is 0 Å². The first kappa shape index (κ1) is 17.5. The minimum absolute atomic E-state index is 0.0726. The maximum absolute atomic E-state index is 12.5. The molecule has 1 fully saturated rings. The number of hydrogen-bond acceptors (Lipinski definition) is 4. The smallest absolute Gasteiger partial charge is 0.251 e. The molecular weight excluding hydrogens is 316 g/mol. The van der Waals surface area contributed by atoms with Crippen molar-refractivity contribution in [2.45, 2.75) is 32.2 Å². The number of piperidine rings is 1. The first-order chi connectivity index (χ1) is 12.3. The van der Waals surface area contributed by atoms with Crippen LogP contribution in [0.3, 0.4) is 0 Å². The van der Waals surface area contributed by atoms with Crippen LogP contribution >= 0.6 is 0 Å². The molecule has 134 valence electrons. The summed E-state index contributed by atoms with van der Waals surface area (Å²) in [6, 6.07) is 11.2. The molecule has 0 saturated carbocycles. The zero-order valence-corrected chi connectivity index (χ0v) is 14.7. The zero-order valence-electron chi connectivity index (χ0n) is 14.7. The predicted octanol–water partition coefficient (Wildman–Crippen LogP) is 3.64. The van der Waals surface area contributed by atoms with Crippen LogP contribution < -0.4 is 10.1 Å². The van der Waals surface area contributed by atoms with Gasteiger partial charge in [0.1, 0.15) is 11.5 Å². The second-order valence-electron chi connectivity index (χ2n) is 6.30. The number of ether oxygens (including phenoxy) is 1. The fraction of sp³-hybridized carbons (Fsp3) is 0.450. The number of likely N-dealkylation sites (tertiary alicyclic amines) is 1. The maximum atomic E-state index is 12.5. The third kappa shape index (κ3) is 4.63. The van der Waals surface area contributed by atoms with Gasteiger partial charge < -0.3 is 14.5 Å². The molecule has 25 heavy (non-hydrogen) atoms. The van der Waals surface area contributed by atoms with E-state index in [1.165, 1.54) is 19.3 Å². The van der Waals surface area contributed by atoms with Crippen LogP contribution in [0.15, 0.2) is 47.1 Å². The fourth-order valence-electron chi connectivity index (χ4n) is 3.28. The SMILES string of the molecule is CCOc1ccc(C(=O)NC[C@@H](c2ccco2)N2CCCCC2)cc1. The minimum atomic E-state index is -0.0726. The molecule has 5 nitrogen and oxygen atoms in total. The highest BCUT2D eigenvalue weighted by Crippen LogP contribution is 2.24. The summed E-state index contributed by atoms with van der Waals surface area (Å²) in [4.78, 5) is 14.9. The van der Waals surface area contributed by atoms with Crippen LogP contribution in [0, 0.1) is 0 Å². The molecule has 1 aromatic heterocycles. The van der Waals surface area contributed by atoms with Crippen LogP contribution in [0.1, 0.15) is 48.3 Å². The number of carbonyl (C=O) groups is 1. The number of nitrogens with one attached hydrogen (secondary N) is 1. The van der Waals surface area contributed by atoms with Gasteiger partial charge in [0, 0.05) is 12.1 Å². The van der Waals surface area contributed by atoms with E-state index in [0.29, 0.717) is 18.7 Å². The van der Waals surface area contributed by atoms with Gasteiger partial charge in [-0.2, -0.15) is 0 Å². The van der Waals surface area contributed by atoms with Crippen molar-refractivity contribution < 1.29 is 13.9 Å². The Balaban J connectivity index is 1.62. The normalized spacial score (nSPS) is 16.4. The molecule has 0 radical (unpaired) electrons. The van der Waals surface area contributed by atoms with Gasteiger partial charge in [-0.1, -0.05) is 6.42 Å². The molecule has 1 N–H and O–H groups in total. The molecule has 2 aromatic rings. The van der Waals surface area contributed by atoms with Gasteiger partial charge in [0.2, 0.25) is 0 Å². The lowest BCUT2D eigenvalue weighted by Gasteiger charge is -2.33. The quantitative estimate of drug-likeness (QED) is 0.835. The summed E-state index contributed by atoms with van der Waals surface area (Å²) in [6.07, 6.45) is 5.37. The van der Waals surface area contributed by atoms with Gasteiger partial charge in [-0.15, -0.1) is 0 Å². The van der Waals surface area contributed by atoms with E-state index in [9.17, 15) is 4.79 Å². The molecule has 1 saturated heterocycles. The number of rotatable bonds is 7. The minimum Gasteiger partial charge on any atom is -0.494 e. The number of carbonyl (C=O) groups excluding carboxylic acids is 1. The Morgan fingerprint density at radius 3 is 2.60 bits per heavy atom. The number of furan rings is 1. The van der Waals surface area contributed by atoms with Crippen LogP contribution in [-0.4, -0.2) is 37.0 Å². The zero-order chi connectivity index (χ0) is 17.5. The van der Waals surface area contributed by atoms with E-state index in [1.807, 2.05) is 31.2 Å². The van der Waals surface area contributed by atoms with Crippen molar-refractivity contribution in [3.8, 4) is 5.75 Å². The largest absolute Gasteiger partial charge is 0.494 e. The molecule has 1 aliphatic heterocycles. The van der Waals surface area contributed by atoms with E-state index < -0.39 is 0 Å². The highest BCUT2D eigenvalue weighted by atomic mass is 16.5. The van der Waals surface area contributed by atoms with Crippen LogP contribution in [0.4, 0.5) is 0 Å². The van der Waals surface area contributed by atoms with Crippen LogP contribution in [0.25, 0.3) is 0 Å². The first-order valence-corrected chi connectivity index (χ1v) is 9.06. The van der Waals surface area contributed by atoms with Gasteiger partial charge in [0.05, 0.1) is 18.9 Å².